The van der Waals surface area contributed by atoms with Crippen LogP contribution in [0.5, 0.6) is 0 Å². The molecule has 0 saturated carbocycles. The van der Waals surface area contributed by atoms with Crippen LogP contribution in [0, 0.1) is 0 Å². The zero-order valence-corrected chi connectivity index (χ0v) is 42.4. The monoisotopic (exact) mass is 902 g/mol. The van der Waals surface area contributed by atoms with Gasteiger partial charge in [-0.2, -0.15) is 0 Å². The van der Waals surface area contributed by atoms with E-state index in [9.17, 15) is 25.9 Å². The van der Waals surface area contributed by atoms with Crippen molar-refractivity contribution < 1.29 is 25.9 Å². The molecule has 0 aliphatic heterocycles. The molecule has 6 nitrogen and oxygen atoms in total. The molecule has 4 rings (SSSR count). The molecule has 4 aromatic carbocycles. The Labute approximate surface area is 402 Å². The predicted octanol–water partition coefficient (Wildman–Crippen LogP) is 14.7. The summed E-state index contributed by atoms with van der Waals surface area (Å²) in [6.45, 7) is 8.87. The molecule has 0 N–H and O–H groups in total. The fraction of sp³-hybridized carbons (Fsp3) is 0.615. The third-order valence-electron chi connectivity index (χ3n) is 12.1. The van der Waals surface area contributed by atoms with Crippen LogP contribution in [0.2, 0.25) is 0 Å². The normalized spacial score (nSPS) is 11.8. The Kier molecular flexibility index (Phi) is 28.6. The van der Waals surface area contributed by atoms with E-state index in [0.717, 1.165) is 97.2 Å². The second-order valence-electron chi connectivity index (χ2n) is 17.1. The van der Waals surface area contributed by atoms with Crippen molar-refractivity contribution in [3.63, 3.8) is 0 Å². The van der Waals surface area contributed by atoms with E-state index >= 15 is 0 Å². The third-order valence-corrected chi connectivity index (χ3v) is 13.9. The van der Waals surface area contributed by atoms with Crippen molar-refractivity contribution in [2.75, 3.05) is 0 Å². The molecule has 0 radical (unpaired) electrons. The van der Waals surface area contributed by atoms with Gasteiger partial charge in [0.2, 0.25) is 0 Å². The minimum absolute atomic E-state index is 0. The predicted molar refractivity (Wildman–Crippen MR) is 258 cm³/mol. The van der Waals surface area contributed by atoms with Gasteiger partial charge in [-0.15, -0.1) is 0 Å². The van der Waals surface area contributed by atoms with Crippen molar-refractivity contribution in [1.29, 1.82) is 0 Å². The molecule has 0 spiro atoms. The van der Waals surface area contributed by atoms with Gasteiger partial charge in [-0.3, -0.25) is 0 Å². The van der Waals surface area contributed by atoms with E-state index in [-0.39, 0.29) is 47.5 Å². The smallest absolute Gasteiger partial charge is 0.744 e. The third kappa shape index (κ3) is 20.0. The van der Waals surface area contributed by atoms with Crippen LogP contribution in [0.1, 0.15) is 204 Å². The van der Waals surface area contributed by atoms with Crippen molar-refractivity contribution in [3.05, 3.63) is 82.9 Å². The minimum atomic E-state index is -4.50. The van der Waals surface area contributed by atoms with Gasteiger partial charge < -0.3 is 9.11 Å². The molecular formula is C52H78CaO6S2. The van der Waals surface area contributed by atoms with Crippen LogP contribution in [-0.2, 0) is 45.9 Å². The van der Waals surface area contributed by atoms with Crippen molar-refractivity contribution >= 4 is 79.5 Å². The van der Waals surface area contributed by atoms with Crippen molar-refractivity contribution in [2.24, 2.45) is 0 Å². The van der Waals surface area contributed by atoms with Crippen molar-refractivity contribution in [1.82, 2.24) is 0 Å². The second-order valence-corrected chi connectivity index (χ2v) is 19.8. The van der Waals surface area contributed by atoms with E-state index in [1.807, 2.05) is 12.1 Å². The maximum Gasteiger partial charge on any atom is 2.00 e. The summed E-state index contributed by atoms with van der Waals surface area (Å²) in [5.41, 5.74) is 4.33. The van der Waals surface area contributed by atoms with E-state index in [0.29, 0.717) is 10.8 Å². The first-order valence-corrected chi connectivity index (χ1v) is 26.8. The molecule has 0 bridgehead atoms. The molecule has 0 aromatic heterocycles. The molecule has 0 aliphatic carbocycles. The summed E-state index contributed by atoms with van der Waals surface area (Å²) in [4.78, 5) is -0.100. The molecule has 0 aliphatic rings. The average molecular weight is 903 g/mol. The largest absolute Gasteiger partial charge is 2.00 e. The van der Waals surface area contributed by atoms with Gasteiger partial charge in [0.15, 0.2) is 0 Å². The Morgan fingerprint density at radius 2 is 0.590 bits per heavy atom. The zero-order valence-electron chi connectivity index (χ0n) is 38.5. The Morgan fingerprint density at radius 1 is 0.344 bits per heavy atom. The quantitative estimate of drug-likeness (QED) is 0.0292. The molecule has 0 unspecified atom stereocenters. The molecule has 9 heteroatoms. The second kappa shape index (κ2) is 31.4. The van der Waals surface area contributed by atoms with E-state index in [2.05, 4.69) is 52.0 Å². The van der Waals surface area contributed by atoms with E-state index in [4.69, 9.17) is 0 Å². The first kappa shape index (κ1) is 55.6. The van der Waals surface area contributed by atoms with Gasteiger partial charge in [0.25, 0.3) is 0 Å². The Bertz CT molecular complexity index is 1900. The molecule has 0 amide bonds. The number of rotatable bonds is 30. The van der Waals surface area contributed by atoms with Gasteiger partial charge in [0.05, 0.1) is 9.79 Å². The van der Waals surface area contributed by atoms with Gasteiger partial charge in [0.1, 0.15) is 20.2 Å². The molecule has 0 heterocycles. The first-order valence-electron chi connectivity index (χ1n) is 24.0. The summed E-state index contributed by atoms with van der Waals surface area (Å²) in [5, 5.41) is 3.24. The fourth-order valence-corrected chi connectivity index (χ4v) is 10.1. The summed E-state index contributed by atoms with van der Waals surface area (Å²) < 4.78 is 71.8. The Balaban J connectivity index is 0.000000413. The number of benzene rings is 4. The van der Waals surface area contributed by atoms with Crippen LogP contribution in [-0.4, -0.2) is 63.7 Å². The molecule has 336 valence electrons. The van der Waals surface area contributed by atoms with Gasteiger partial charge in [-0.05, 0) is 96.5 Å². The van der Waals surface area contributed by atoms with Crippen molar-refractivity contribution in [2.45, 2.75) is 217 Å². The number of hydrogen-bond acceptors (Lipinski definition) is 6. The molecular weight excluding hydrogens is 825 g/mol. The molecule has 4 aromatic rings. The number of fused-ring (bicyclic) bond motifs is 2. The average Bonchev–Trinajstić information content (AvgIpc) is 3.23. The first-order chi connectivity index (χ1) is 29.0. The fourth-order valence-electron chi connectivity index (χ4n) is 8.66. The zero-order chi connectivity index (χ0) is 43.6. The molecule has 0 atom stereocenters. The molecule has 0 saturated heterocycles. The number of aryl methyl sites for hydroxylation is 4. The van der Waals surface area contributed by atoms with Crippen molar-refractivity contribution in [3.8, 4) is 0 Å². The van der Waals surface area contributed by atoms with Gasteiger partial charge in [0, 0.05) is 10.8 Å². The Hall–Kier alpha value is -1.52. The maximum absolute atomic E-state index is 12.0. The van der Waals surface area contributed by atoms with Crippen LogP contribution in [0.15, 0.2) is 70.5 Å². The van der Waals surface area contributed by atoms with Gasteiger partial charge in [-0.1, -0.05) is 205 Å². The summed E-state index contributed by atoms with van der Waals surface area (Å²) >= 11 is 0. The summed E-state index contributed by atoms with van der Waals surface area (Å²) in [6, 6.07) is 18.8. The van der Waals surface area contributed by atoms with Crippen LogP contribution in [0.3, 0.4) is 0 Å². The van der Waals surface area contributed by atoms with Crippen LogP contribution >= 0.6 is 0 Å². The summed E-state index contributed by atoms with van der Waals surface area (Å²) in [5.74, 6) is 0. The van der Waals surface area contributed by atoms with Gasteiger partial charge in [-0.25, -0.2) is 16.8 Å². The van der Waals surface area contributed by atoms with E-state index < -0.39 is 20.2 Å². The SMILES string of the molecule is CCCCCCCCc1ccc(CCCCCCCC)c2c(S(=O)(=O)[O-])cccc12.CCCCCCCCc1ccc(CCCCCCCC)c2c(S(=O)(=O)[O-])cccc12.[Ca+2]. The maximum atomic E-state index is 12.0. The topological polar surface area (TPSA) is 114 Å². The Morgan fingerprint density at radius 3 is 0.869 bits per heavy atom. The van der Waals surface area contributed by atoms with Crippen LogP contribution < -0.4 is 0 Å². The number of unbranched alkanes of at least 4 members (excludes halogenated alkanes) is 20. The molecule has 61 heavy (non-hydrogen) atoms. The van der Waals surface area contributed by atoms with Crippen LogP contribution in [0.25, 0.3) is 21.5 Å². The van der Waals surface area contributed by atoms with E-state index in [1.165, 1.54) is 128 Å². The summed E-state index contributed by atoms with van der Waals surface area (Å²) in [7, 11) is -8.99. The van der Waals surface area contributed by atoms with Gasteiger partial charge >= 0.3 is 37.7 Å². The molecule has 0 fully saturated rings. The number of hydrogen-bond donors (Lipinski definition) is 0. The van der Waals surface area contributed by atoms with E-state index in [1.54, 1.807) is 12.1 Å². The standard InChI is InChI=1S/2C26H40O3S.Ca/c2*1-3-5-7-9-11-13-16-22-20-21-23(17-14-12-10-8-6-4-2)26-24(22)18-15-19-25(26)30(27,28)29;/h2*15,18-21H,3-14,16-17H2,1-2H3,(H,27,28,29);/q;;+2/p-2. The summed E-state index contributed by atoms with van der Waals surface area (Å²) in [6.07, 6.45) is 32.6. The van der Waals surface area contributed by atoms with Crippen LogP contribution in [0.4, 0.5) is 0 Å². The minimum Gasteiger partial charge on any atom is -0.744 e.